The van der Waals surface area contributed by atoms with Gasteiger partial charge in [-0.1, -0.05) is 0 Å². The van der Waals surface area contributed by atoms with Crippen molar-refractivity contribution in [3.05, 3.63) is 27.8 Å². The first-order chi connectivity index (χ1) is 8.15. The maximum atomic E-state index is 5.29. The van der Waals surface area contributed by atoms with E-state index in [-0.39, 0.29) is 0 Å². The lowest BCUT2D eigenvalue weighted by Crippen LogP contribution is -1.90. The predicted octanol–water partition coefficient (Wildman–Crippen LogP) is 3.80. The van der Waals surface area contributed by atoms with Crippen molar-refractivity contribution in [1.29, 1.82) is 0 Å². The van der Waals surface area contributed by atoms with Crippen LogP contribution in [-0.4, -0.2) is 19.2 Å². The lowest BCUT2D eigenvalue weighted by atomic mass is 10.1. The van der Waals surface area contributed by atoms with E-state index in [1.165, 1.54) is 0 Å². The molecule has 0 aliphatic carbocycles. The molecule has 90 valence electrons. The number of thiazole rings is 1. The van der Waals surface area contributed by atoms with Crippen LogP contribution in [0.25, 0.3) is 10.4 Å². The van der Waals surface area contributed by atoms with Crippen molar-refractivity contribution < 1.29 is 9.47 Å². The molecule has 3 nitrogen and oxygen atoms in total. The van der Waals surface area contributed by atoms with Crippen molar-refractivity contribution in [1.82, 2.24) is 4.98 Å². The van der Waals surface area contributed by atoms with Crippen LogP contribution in [0.4, 0.5) is 0 Å². The van der Waals surface area contributed by atoms with Crippen LogP contribution in [0.5, 0.6) is 11.5 Å². The highest BCUT2D eigenvalue weighted by Gasteiger charge is 2.09. The standard InChI is InChI=1S/C12H13NO2S2/c1-7-11(17-12(16)13-7)8-4-5-9(14-2)10(6-8)15-3/h4-6H,1-3H3,(H,13,16). The average Bonchev–Trinajstić information content (AvgIpc) is 2.67. The van der Waals surface area contributed by atoms with Crippen LogP contribution in [0.1, 0.15) is 5.69 Å². The first-order valence-electron chi connectivity index (χ1n) is 5.08. The zero-order valence-corrected chi connectivity index (χ0v) is 11.5. The molecule has 0 aliphatic rings. The third-order valence-corrected chi connectivity index (χ3v) is 3.86. The Bertz CT molecular complexity index is 586. The number of hydrogen-bond donors (Lipinski definition) is 1. The van der Waals surface area contributed by atoms with E-state index in [0.29, 0.717) is 0 Å². The number of aryl methyl sites for hydroxylation is 1. The fourth-order valence-electron chi connectivity index (χ4n) is 1.66. The number of H-pyrrole nitrogens is 1. The summed E-state index contributed by atoms with van der Waals surface area (Å²) in [5.74, 6) is 1.46. The van der Waals surface area contributed by atoms with Gasteiger partial charge in [-0.25, -0.2) is 0 Å². The molecular formula is C12H13NO2S2. The molecule has 0 bridgehead atoms. The summed E-state index contributed by atoms with van der Waals surface area (Å²) < 4.78 is 11.3. The Hall–Kier alpha value is -1.33. The van der Waals surface area contributed by atoms with Gasteiger partial charge in [-0.05, 0) is 42.9 Å². The van der Waals surface area contributed by atoms with Gasteiger partial charge < -0.3 is 14.5 Å². The maximum absolute atomic E-state index is 5.29. The molecule has 5 heteroatoms. The predicted molar refractivity (Wildman–Crippen MR) is 72.8 cm³/mol. The summed E-state index contributed by atoms with van der Waals surface area (Å²) >= 11 is 6.70. The van der Waals surface area contributed by atoms with Crippen LogP contribution in [-0.2, 0) is 0 Å². The van der Waals surface area contributed by atoms with Crippen LogP contribution in [0.15, 0.2) is 18.2 Å². The van der Waals surface area contributed by atoms with Gasteiger partial charge >= 0.3 is 0 Å². The molecule has 0 saturated heterocycles. The highest BCUT2D eigenvalue weighted by Crippen LogP contribution is 2.35. The molecule has 0 atom stereocenters. The molecule has 2 rings (SSSR count). The maximum Gasteiger partial charge on any atom is 0.161 e. The van der Waals surface area contributed by atoms with Crippen molar-refractivity contribution in [3.8, 4) is 21.9 Å². The Morgan fingerprint density at radius 3 is 2.41 bits per heavy atom. The van der Waals surface area contributed by atoms with Crippen LogP contribution < -0.4 is 9.47 Å². The van der Waals surface area contributed by atoms with E-state index in [1.54, 1.807) is 25.6 Å². The topological polar surface area (TPSA) is 34.2 Å². The molecule has 0 aliphatic heterocycles. The summed E-state index contributed by atoms with van der Waals surface area (Å²) in [6, 6.07) is 5.86. The third-order valence-electron chi connectivity index (χ3n) is 2.47. The van der Waals surface area contributed by atoms with Gasteiger partial charge in [0, 0.05) is 5.69 Å². The molecule has 0 amide bonds. The smallest absolute Gasteiger partial charge is 0.161 e. The second-order valence-corrected chi connectivity index (χ2v) is 5.23. The van der Waals surface area contributed by atoms with Gasteiger partial charge in [-0.3, -0.25) is 0 Å². The third kappa shape index (κ3) is 2.35. The zero-order chi connectivity index (χ0) is 12.4. The summed E-state index contributed by atoms with van der Waals surface area (Å²) in [6.45, 7) is 2.01. The molecule has 17 heavy (non-hydrogen) atoms. The van der Waals surface area contributed by atoms with Crippen molar-refractivity contribution in [2.75, 3.05) is 14.2 Å². The van der Waals surface area contributed by atoms with Gasteiger partial charge in [-0.2, -0.15) is 0 Å². The van der Waals surface area contributed by atoms with E-state index in [2.05, 4.69) is 4.98 Å². The number of benzene rings is 1. The lowest BCUT2D eigenvalue weighted by Gasteiger charge is -2.08. The minimum atomic E-state index is 0.726. The number of hydrogen-bond acceptors (Lipinski definition) is 4. The van der Waals surface area contributed by atoms with Gasteiger partial charge in [0.05, 0.1) is 19.1 Å². The monoisotopic (exact) mass is 267 g/mol. The van der Waals surface area contributed by atoms with Gasteiger partial charge in [0.1, 0.15) is 0 Å². The Labute approximate surface area is 109 Å². The molecule has 0 spiro atoms. The summed E-state index contributed by atoms with van der Waals surface area (Å²) in [6.07, 6.45) is 0. The number of ether oxygens (including phenoxy) is 2. The van der Waals surface area contributed by atoms with Crippen LogP contribution in [0, 0.1) is 10.9 Å². The minimum absolute atomic E-state index is 0.726. The quantitative estimate of drug-likeness (QED) is 0.859. The SMILES string of the molecule is COc1ccc(-c2sc(=S)[nH]c2C)cc1OC. The first-order valence-corrected chi connectivity index (χ1v) is 6.30. The second kappa shape index (κ2) is 4.89. The number of rotatable bonds is 3. The summed E-state index contributed by atoms with van der Waals surface area (Å²) in [7, 11) is 3.26. The molecule has 1 aromatic heterocycles. The van der Waals surface area contributed by atoms with E-state index < -0.39 is 0 Å². The molecule has 1 N–H and O–H groups in total. The second-order valence-electron chi connectivity index (χ2n) is 3.54. The summed E-state index contributed by atoms with van der Waals surface area (Å²) in [4.78, 5) is 4.27. The molecule has 0 unspecified atom stereocenters. The van der Waals surface area contributed by atoms with Crippen molar-refractivity contribution >= 4 is 23.6 Å². The lowest BCUT2D eigenvalue weighted by molar-refractivity contribution is 0.355. The summed E-state index contributed by atoms with van der Waals surface area (Å²) in [5, 5.41) is 0. The fraction of sp³-hybridized carbons (Fsp3) is 0.250. The van der Waals surface area contributed by atoms with Crippen molar-refractivity contribution in [2.45, 2.75) is 6.92 Å². The molecule has 2 aromatic rings. The zero-order valence-electron chi connectivity index (χ0n) is 9.87. The van der Waals surface area contributed by atoms with Crippen molar-refractivity contribution in [2.24, 2.45) is 0 Å². The Balaban J connectivity index is 2.53. The molecule has 1 aromatic carbocycles. The van der Waals surface area contributed by atoms with Gasteiger partial charge in [-0.15, -0.1) is 11.3 Å². The Kier molecular flexibility index (Phi) is 3.49. The van der Waals surface area contributed by atoms with Gasteiger partial charge in [0.15, 0.2) is 15.5 Å². The number of aromatic amines is 1. The molecular weight excluding hydrogens is 254 g/mol. The molecule has 0 fully saturated rings. The van der Waals surface area contributed by atoms with E-state index in [9.17, 15) is 0 Å². The van der Waals surface area contributed by atoms with Gasteiger partial charge in [0.2, 0.25) is 0 Å². The first kappa shape index (κ1) is 12.1. The van der Waals surface area contributed by atoms with Crippen LogP contribution in [0.3, 0.4) is 0 Å². The van der Waals surface area contributed by atoms with Crippen molar-refractivity contribution in [3.63, 3.8) is 0 Å². The summed E-state index contributed by atoms with van der Waals surface area (Å²) in [5.41, 5.74) is 2.16. The molecule has 0 radical (unpaired) electrons. The highest BCUT2D eigenvalue weighted by atomic mass is 32.1. The largest absolute Gasteiger partial charge is 0.493 e. The highest BCUT2D eigenvalue weighted by molar-refractivity contribution is 7.73. The van der Waals surface area contributed by atoms with Gasteiger partial charge in [0.25, 0.3) is 0 Å². The van der Waals surface area contributed by atoms with Crippen LogP contribution in [0.2, 0.25) is 0 Å². The minimum Gasteiger partial charge on any atom is -0.493 e. The van der Waals surface area contributed by atoms with E-state index in [0.717, 1.165) is 31.6 Å². The number of nitrogens with one attached hydrogen (secondary N) is 1. The van der Waals surface area contributed by atoms with E-state index >= 15 is 0 Å². The Morgan fingerprint density at radius 2 is 1.88 bits per heavy atom. The Morgan fingerprint density at radius 1 is 1.18 bits per heavy atom. The average molecular weight is 267 g/mol. The van der Waals surface area contributed by atoms with E-state index in [1.807, 2.05) is 25.1 Å². The number of methoxy groups -OCH3 is 2. The normalized spacial score (nSPS) is 10.3. The number of aromatic nitrogens is 1. The molecule has 0 saturated carbocycles. The van der Waals surface area contributed by atoms with Crippen LogP contribution >= 0.6 is 23.6 Å². The fourth-order valence-corrected chi connectivity index (χ4v) is 2.90. The van der Waals surface area contributed by atoms with E-state index in [4.69, 9.17) is 21.7 Å². The molecule has 1 heterocycles.